The number of nitrogens with zero attached hydrogens (tertiary/aromatic N) is 1. The molecule has 5 heteroatoms. The molecule has 0 fully saturated rings. The van der Waals surface area contributed by atoms with Gasteiger partial charge in [0.1, 0.15) is 5.97 Å². The molecule has 0 aliphatic heterocycles. The van der Waals surface area contributed by atoms with Gasteiger partial charge in [0.25, 0.3) is 0 Å². The van der Waals surface area contributed by atoms with Gasteiger partial charge in [0.2, 0.25) is 0 Å². The Morgan fingerprint density at radius 2 is 2.44 bits per heavy atom. The van der Waals surface area contributed by atoms with Gasteiger partial charge in [-0.1, -0.05) is 5.16 Å². The van der Waals surface area contributed by atoms with Crippen LogP contribution in [0.25, 0.3) is 0 Å². The third-order valence-electron chi connectivity index (χ3n) is 0.639. The van der Waals surface area contributed by atoms with Crippen LogP contribution < -0.4 is 24.0 Å². The van der Waals surface area contributed by atoms with Crippen LogP contribution in [0.5, 0.6) is 0 Å². The van der Waals surface area contributed by atoms with Crippen molar-refractivity contribution < 1.29 is 33.3 Å². The topological polar surface area (TPSA) is 66.2 Å². The molecule has 1 aromatic rings. The molecule has 0 atom stereocenters. The number of aromatic nitrogens is 1. The molecule has 0 aliphatic carbocycles. The van der Waals surface area contributed by atoms with Crippen molar-refractivity contribution in [1.82, 2.24) is 5.16 Å². The number of carboxylic acid groups (broad SMARTS) is 1. The van der Waals surface area contributed by atoms with Crippen LogP contribution in [-0.4, -0.2) is 11.1 Å². The maximum absolute atomic E-state index is 9.82. The molecule has 0 bridgehead atoms. The van der Waals surface area contributed by atoms with Crippen LogP contribution in [0.4, 0.5) is 0 Å². The Morgan fingerprint density at radius 3 is 2.67 bits per heavy atom. The van der Waals surface area contributed by atoms with E-state index in [9.17, 15) is 9.90 Å². The molecular weight excluding hydrogens is 117 g/mol. The monoisotopic (exact) mass is 119 g/mol. The van der Waals surface area contributed by atoms with Crippen molar-refractivity contribution in [2.24, 2.45) is 0 Å². The predicted molar refractivity (Wildman–Crippen MR) is 20.8 cm³/mol. The standard InChI is InChI=1S/C4H3NO3.Li/c6-4(7)3-1-2-5-8-3;/h1-2H,(H,6,7);/q;+1/p-1. The van der Waals surface area contributed by atoms with Gasteiger partial charge in [0.15, 0.2) is 5.76 Å². The van der Waals surface area contributed by atoms with Gasteiger partial charge < -0.3 is 14.4 Å². The van der Waals surface area contributed by atoms with Crippen molar-refractivity contribution in [2.75, 3.05) is 0 Å². The number of carbonyl (C=O) groups is 1. The smallest absolute Gasteiger partial charge is 0.541 e. The van der Waals surface area contributed by atoms with Crippen molar-refractivity contribution in [1.29, 1.82) is 0 Å². The average molecular weight is 119 g/mol. The van der Waals surface area contributed by atoms with E-state index >= 15 is 0 Å². The summed E-state index contributed by atoms with van der Waals surface area (Å²) in [5.74, 6) is -1.59. The van der Waals surface area contributed by atoms with Gasteiger partial charge in [-0.05, 0) is 0 Å². The Hall–Kier alpha value is -0.723. The van der Waals surface area contributed by atoms with E-state index in [0.29, 0.717) is 0 Å². The number of hydrogen-bond donors (Lipinski definition) is 0. The molecule has 0 amide bonds. The Balaban J connectivity index is 0.000000640. The molecule has 0 N–H and O–H groups in total. The summed E-state index contributed by atoms with van der Waals surface area (Å²) in [6.45, 7) is 0. The maximum Gasteiger partial charge on any atom is 1.00 e. The zero-order valence-electron chi connectivity index (χ0n) is 4.83. The molecule has 0 saturated heterocycles. The van der Waals surface area contributed by atoms with E-state index in [1.807, 2.05) is 0 Å². The quantitative estimate of drug-likeness (QED) is 0.354. The van der Waals surface area contributed by atoms with Gasteiger partial charge in [-0.25, -0.2) is 0 Å². The minimum absolute atomic E-state index is 0. The molecule has 1 aromatic heterocycles. The van der Waals surface area contributed by atoms with Crippen LogP contribution in [0, 0.1) is 0 Å². The summed E-state index contributed by atoms with van der Waals surface area (Å²) in [6, 6.07) is 1.22. The second kappa shape index (κ2) is 3.33. The summed E-state index contributed by atoms with van der Waals surface area (Å²) in [4.78, 5) is 9.82. The van der Waals surface area contributed by atoms with E-state index in [1.54, 1.807) is 0 Å². The normalized spacial score (nSPS) is 8.00. The summed E-state index contributed by atoms with van der Waals surface area (Å²) in [6.07, 6.45) is 1.24. The maximum atomic E-state index is 9.82. The van der Waals surface area contributed by atoms with Gasteiger partial charge in [-0.15, -0.1) is 0 Å². The minimum atomic E-state index is -1.34. The summed E-state index contributed by atoms with van der Waals surface area (Å²) in [5.41, 5.74) is 0. The van der Waals surface area contributed by atoms with Crippen LogP contribution in [0.2, 0.25) is 0 Å². The molecule has 1 heterocycles. The SMILES string of the molecule is O=C([O-])c1ccno1.[Li+]. The number of carbonyl (C=O) groups excluding carboxylic acids is 1. The summed E-state index contributed by atoms with van der Waals surface area (Å²) in [7, 11) is 0. The largest absolute Gasteiger partial charge is 1.00 e. The Kier molecular flexibility index (Phi) is 3.06. The van der Waals surface area contributed by atoms with Crippen LogP contribution >= 0.6 is 0 Å². The number of hydrogen-bond acceptors (Lipinski definition) is 4. The van der Waals surface area contributed by atoms with Gasteiger partial charge >= 0.3 is 18.9 Å². The zero-order chi connectivity index (χ0) is 5.98. The second-order valence-electron chi connectivity index (χ2n) is 1.16. The number of carboxylic acids is 1. The van der Waals surface area contributed by atoms with Gasteiger partial charge in [0, 0.05) is 6.07 Å². The van der Waals surface area contributed by atoms with E-state index in [1.165, 1.54) is 12.3 Å². The molecule has 0 aliphatic rings. The molecule has 0 radical (unpaired) electrons. The molecule has 0 saturated carbocycles. The van der Waals surface area contributed by atoms with Gasteiger partial charge in [0.05, 0.1) is 6.20 Å². The summed E-state index contributed by atoms with van der Waals surface area (Å²) < 4.78 is 4.18. The van der Waals surface area contributed by atoms with Crippen LogP contribution in [0.15, 0.2) is 16.8 Å². The van der Waals surface area contributed by atoms with E-state index < -0.39 is 5.97 Å². The first-order chi connectivity index (χ1) is 3.80. The van der Waals surface area contributed by atoms with Crippen molar-refractivity contribution in [2.45, 2.75) is 0 Å². The van der Waals surface area contributed by atoms with Crippen LogP contribution in [0.3, 0.4) is 0 Å². The first kappa shape index (κ1) is 8.28. The molecule has 42 valence electrons. The van der Waals surface area contributed by atoms with E-state index in [0.717, 1.165) is 0 Å². The van der Waals surface area contributed by atoms with Gasteiger partial charge in [-0.3, -0.25) is 0 Å². The average Bonchev–Trinajstić information content (AvgIpc) is 2.12. The fraction of sp³-hybridized carbons (Fsp3) is 0. The van der Waals surface area contributed by atoms with Crippen molar-refractivity contribution >= 4 is 5.97 Å². The molecular formula is C4H2LiNO3. The molecule has 9 heavy (non-hydrogen) atoms. The van der Waals surface area contributed by atoms with Crippen LogP contribution in [0.1, 0.15) is 10.6 Å². The second-order valence-corrected chi connectivity index (χ2v) is 1.16. The molecule has 1 rings (SSSR count). The third kappa shape index (κ3) is 1.92. The van der Waals surface area contributed by atoms with Crippen molar-refractivity contribution in [3.05, 3.63) is 18.0 Å². The Bertz CT molecular complexity index is 184. The molecule has 4 nitrogen and oxygen atoms in total. The predicted octanol–water partition coefficient (Wildman–Crippen LogP) is -3.96. The van der Waals surface area contributed by atoms with E-state index in [-0.39, 0.29) is 24.6 Å². The zero-order valence-corrected chi connectivity index (χ0v) is 4.83. The molecule has 0 unspecified atom stereocenters. The third-order valence-corrected chi connectivity index (χ3v) is 0.639. The van der Waals surface area contributed by atoms with Crippen LogP contribution in [-0.2, 0) is 0 Å². The van der Waals surface area contributed by atoms with Crippen molar-refractivity contribution in [3.63, 3.8) is 0 Å². The Labute approximate surface area is 63.0 Å². The Morgan fingerprint density at radius 1 is 1.78 bits per heavy atom. The summed E-state index contributed by atoms with van der Waals surface area (Å²) in [5, 5.41) is 13.0. The number of rotatable bonds is 1. The fourth-order valence-electron chi connectivity index (χ4n) is 0.321. The molecule has 0 spiro atoms. The van der Waals surface area contributed by atoms with E-state index in [2.05, 4.69) is 9.68 Å². The first-order valence-electron chi connectivity index (χ1n) is 1.93. The molecule has 0 aromatic carbocycles. The number of aromatic carboxylic acids is 1. The van der Waals surface area contributed by atoms with Gasteiger partial charge in [-0.2, -0.15) is 0 Å². The summed E-state index contributed by atoms with van der Waals surface area (Å²) >= 11 is 0. The first-order valence-corrected chi connectivity index (χ1v) is 1.93. The van der Waals surface area contributed by atoms with Crippen molar-refractivity contribution in [3.8, 4) is 0 Å². The van der Waals surface area contributed by atoms with E-state index in [4.69, 9.17) is 0 Å². The minimum Gasteiger partial charge on any atom is -0.541 e. The fourth-order valence-corrected chi connectivity index (χ4v) is 0.321.